The van der Waals surface area contributed by atoms with Gasteiger partial charge in [-0.15, -0.1) is 0 Å². The molecule has 0 spiro atoms. The molecule has 0 radical (unpaired) electrons. The number of hydrazine groups is 1. The Labute approximate surface area is 169 Å². The third kappa shape index (κ3) is 5.24. The number of methoxy groups -OCH3 is 1. The van der Waals surface area contributed by atoms with E-state index in [2.05, 4.69) is 10.9 Å². The standard InChI is InChI=1S/C19H23N3O6S/c1-5-28-16-11-8-14(12-17(16)27-4)19(24)21-20-18(23)13-6-9-15(10-7-13)29(25,26)22(2)3/h6-12H,5H2,1-4H3,(H,20,23)(H,21,24). The van der Waals surface area contributed by atoms with Gasteiger partial charge in [-0.25, -0.2) is 12.7 Å². The molecule has 0 fully saturated rings. The van der Waals surface area contributed by atoms with Crippen molar-refractivity contribution in [1.29, 1.82) is 0 Å². The van der Waals surface area contributed by atoms with Gasteiger partial charge in [0.1, 0.15) is 0 Å². The first kappa shape index (κ1) is 22.2. The molecule has 2 N–H and O–H groups in total. The average Bonchev–Trinajstić information content (AvgIpc) is 2.72. The quantitative estimate of drug-likeness (QED) is 0.654. The highest BCUT2D eigenvalue weighted by Gasteiger charge is 2.18. The normalized spacial score (nSPS) is 11.1. The van der Waals surface area contributed by atoms with Gasteiger partial charge in [0.05, 0.1) is 18.6 Å². The molecule has 0 saturated carbocycles. The van der Waals surface area contributed by atoms with E-state index in [0.29, 0.717) is 18.1 Å². The van der Waals surface area contributed by atoms with Crippen LogP contribution in [0.5, 0.6) is 11.5 Å². The second-order valence-corrected chi connectivity index (χ2v) is 8.17. The van der Waals surface area contributed by atoms with Gasteiger partial charge in [0.15, 0.2) is 11.5 Å². The van der Waals surface area contributed by atoms with Gasteiger partial charge in [-0.05, 0) is 49.4 Å². The molecule has 0 unspecified atom stereocenters. The van der Waals surface area contributed by atoms with Crippen LogP contribution >= 0.6 is 0 Å². The molecule has 156 valence electrons. The molecule has 0 heterocycles. The van der Waals surface area contributed by atoms with E-state index >= 15 is 0 Å². The molecule has 0 bridgehead atoms. The van der Waals surface area contributed by atoms with E-state index < -0.39 is 21.8 Å². The SMILES string of the molecule is CCOc1ccc(C(=O)NNC(=O)c2ccc(S(=O)(=O)N(C)C)cc2)cc1OC. The minimum absolute atomic E-state index is 0.0598. The Hall–Kier alpha value is -3.11. The summed E-state index contributed by atoms with van der Waals surface area (Å²) in [6.07, 6.45) is 0. The molecule has 0 atom stereocenters. The van der Waals surface area contributed by atoms with Crippen LogP contribution in [-0.4, -0.2) is 52.3 Å². The lowest BCUT2D eigenvalue weighted by atomic mass is 10.2. The summed E-state index contributed by atoms with van der Waals surface area (Å²) in [6.45, 7) is 2.28. The second-order valence-electron chi connectivity index (χ2n) is 6.02. The van der Waals surface area contributed by atoms with Crippen LogP contribution in [0.15, 0.2) is 47.4 Å². The Morgan fingerprint density at radius 3 is 2.00 bits per heavy atom. The van der Waals surface area contributed by atoms with Gasteiger partial charge in [0.25, 0.3) is 11.8 Å². The molecule has 0 saturated heterocycles. The summed E-state index contributed by atoms with van der Waals surface area (Å²) in [5.74, 6) is -0.247. The van der Waals surface area contributed by atoms with Gasteiger partial charge in [-0.1, -0.05) is 0 Å². The monoisotopic (exact) mass is 421 g/mol. The van der Waals surface area contributed by atoms with E-state index in [-0.39, 0.29) is 16.0 Å². The lowest BCUT2D eigenvalue weighted by molar-refractivity contribution is 0.0846. The molecular formula is C19H23N3O6S. The fourth-order valence-corrected chi connectivity index (χ4v) is 3.23. The van der Waals surface area contributed by atoms with Gasteiger partial charge in [-0.2, -0.15) is 0 Å². The summed E-state index contributed by atoms with van der Waals surface area (Å²) in [5, 5.41) is 0. The third-order valence-corrected chi connectivity index (χ3v) is 5.74. The van der Waals surface area contributed by atoms with Crippen LogP contribution < -0.4 is 20.3 Å². The molecule has 2 aromatic carbocycles. The van der Waals surface area contributed by atoms with E-state index in [1.54, 1.807) is 6.07 Å². The second kappa shape index (κ2) is 9.39. The Morgan fingerprint density at radius 1 is 0.931 bits per heavy atom. The van der Waals surface area contributed by atoms with Crippen LogP contribution in [0.4, 0.5) is 0 Å². The summed E-state index contributed by atoms with van der Waals surface area (Å²) < 4.78 is 35.8. The highest BCUT2D eigenvalue weighted by atomic mass is 32.2. The molecule has 10 heteroatoms. The maximum atomic E-state index is 12.3. The van der Waals surface area contributed by atoms with Crippen molar-refractivity contribution >= 4 is 21.8 Å². The maximum Gasteiger partial charge on any atom is 0.269 e. The molecule has 0 aliphatic heterocycles. The Morgan fingerprint density at radius 2 is 1.48 bits per heavy atom. The van der Waals surface area contributed by atoms with Crippen molar-refractivity contribution in [3.8, 4) is 11.5 Å². The van der Waals surface area contributed by atoms with Crippen LogP contribution in [0.3, 0.4) is 0 Å². The van der Waals surface area contributed by atoms with Crippen molar-refractivity contribution in [2.45, 2.75) is 11.8 Å². The van der Waals surface area contributed by atoms with Crippen LogP contribution in [0.1, 0.15) is 27.6 Å². The van der Waals surface area contributed by atoms with E-state index in [9.17, 15) is 18.0 Å². The zero-order valence-electron chi connectivity index (χ0n) is 16.6. The van der Waals surface area contributed by atoms with E-state index in [1.165, 1.54) is 57.6 Å². The van der Waals surface area contributed by atoms with E-state index in [1.807, 2.05) is 6.92 Å². The Balaban J connectivity index is 2.04. The number of nitrogens with one attached hydrogen (secondary N) is 2. The summed E-state index contributed by atoms with van der Waals surface area (Å²) in [4.78, 5) is 24.5. The maximum absolute atomic E-state index is 12.3. The molecular weight excluding hydrogens is 398 g/mol. The van der Waals surface area contributed by atoms with Crippen molar-refractivity contribution in [3.63, 3.8) is 0 Å². The molecule has 0 aromatic heterocycles. The van der Waals surface area contributed by atoms with Crippen molar-refractivity contribution in [2.75, 3.05) is 27.8 Å². The zero-order chi connectivity index (χ0) is 21.6. The zero-order valence-corrected chi connectivity index (χ0v) is 17.4. The van der Waals surface area contributed by atoms with Gasteiger partial charge < -0.3 is 9.47 Å². The molecule has 0 aliphatic carbocycles. The predicted molar refractivity (Wildman–Crippen MR) is 106 cm³/mol. The smallest absolute Gasteiger partial charge is 0.269 e. The summed E-state index contributed by atoms with van der Waals surface area (Å²) in [7, 11) is 0.710. The predicted octanol–water partition coefficient (Wildman–Crippen LogP) is 1.42. The number of amides is 2. The first-order valence-corrected chi connectivity index (χ1v) is 10.1. The van der Waals surface area contributed by atoms with Crippen LogP contribution in [0, 0.1) is 0 Å². The minimum Gasteiger partial charge on any atom is -0.493 e. The van der Waals surface area contributed by atoms with Crippen LogP contribution in [0.2, 0.25) is 0 Å². The number of sulfonamides is 1. The number of hydrogen-bond acceptors (Lipinski definition) is 6. The summed E-state index contributed by atoms with van der Waals surface area (Å²) >= 11 is 0. The van der Waals surface area contributed by atoms with Crippen molar-refractivity contribution in [1.82, 2.24) is 15.2 Å². The van der Waals surface area contributed by atoms with E-state index in [4.69, 9.17) is 9.47 Å². The fraction of sp³-hybridized carbons (Fsp3) is 0.263. The molecule has 2 aromatic rings. The molecule has 9 nitrogen and oxygen atoms in total. The summed E-state index contributed by atoms with van der Waals surface area (Å²) in [6, 6.07) is 9.99. The van der Waals surface area contributed by atoms with Crippen LogP contribution in [-0.2, 0) is 10.0 Å². The molecule has 0 aliphatic rings. The minimum atomic E-state index is -3.59. The summed E-state index contributed by atoms with van der Waals surface area (Å²) in [5.41, 5.74) is 5.04. The van der Waals surface area contributed by atoms with Gasteiger partial charge in [0, 0.05) is 25.2 Å². The number of hydrogen-bond donors (Lipinski definition) is 2. The highest BCUT2D eigenvalue weighted by Crippen LogP contribution is 2.27. The number of ether oxygens (including phenoxy) is 2. The lowest BCUT2D eigenvalue weighted by Crippen LogP contribution is -2.41. The fourth-order valence-electron chi connectivity index (χ4n) is 2.33. The molecule has 2 rings (SSSR count). The Kier molecular flexibility index (Phi) is 7.18. The lowest BCUT2D eigenvalue weighted by Gasteiger charge is -2.12. The van der Waals surface area contributed by atoms with Crippen molar-refractivity contribution in [2.24, 2.45) is 0 Å². The number of carbonyl (C=O) groups excluding carboxylic acids is 2. The first-order valence-electron chi connectivity index (χ1n) is 8.64. The first-order chi connectivity index (χ1) is 13.7. The number of rotatable bonds is 7. The van der Waals surface area contributed by atoms with E-state index in [0.717, 1.165) is 4.31 Å². The van der Waals surface area contributed by atoms with Crippen molar-refractivity contribution in [3.05, 3.63) is 53.6 Å². The molecule has 2 amide bonds. The number of benzene rings is 2. The number of carbonyl (C=O) groups is 2. The Bertz CT molecular complexity index is 988. The van der Waals surface area contributed by atoms with Gasteiger partial charge >= 0.3 is 0 Å². The van der Waals surface area contributed by atoms with Crippen LogP contribution in [0.25, 0.3) is 0 Å². The topological polar surface area (TPSA) is 114 Å². The average molecular weight is 421 g/mol. The largest absolute Gasteiger partial charge is 0.493 e. The van der Waals surface area contributed by atoms with Gasteiger partial charge in [0.2, 0.25) is 10.0 Å². The molecule has 29 heavy (non-hydrogen) atoms. The number of nitrogens with zero attached hydrogens (tertiary/aromatic N) is 1. The highest BCUT2D eigenvalue weighted by molar-refractivity contribution is 7.89. The van der Waals surface area contributed by atoms with Gasteiger partial charge in [-0.3, -0.25) is 20.4 Å². The van der Waals surface area contributed by atoms with Crippen molar-refractivity contribution < 1.29 is 27.5 Å². The third-order valence-electron chi connectivity index (χ3n) is 3.91.